The smallest absolute Gasteiger partial charge is 0.210 e. The first-order valence-corrected chi connectivity index (χ1v) is 3.72. The van der Waals surface area contributed by atoms with Crippen LogP contribution >= 0.6 is 15.9 Å². The zero-order chi connectivity index (χ0) is 6.15. The standard InChI is InChI=1S/C5H7BrF2/c6-2-3-1-4(3)5(7)8/h3-5H,1-2H2. The largest absolute Gasteiger partial charge is 0.241 e. The van der Waals surface area contributed by atoms with Gasteiger partial charge in [-0.05, 0) is 12.3 Å². The summed E-state index contributed by atoms with van der Waals surface area (Å²) in [4.78, 5) is 0. The molecule has 0 saturated heterocycles. The fraction of sp³-hybridized carbons (Fsp3) is 1.00. The fourth-order valence-electron chi connectivity index (χ4n) is 0.757. The van der Waals surface area contributed by atoms with Crippen molar-refractivity contribution in [1.82, 2.24) is 0 Å². The van der Waals surface area contributed by atoms with Gasteiger partial charge in [0.05, 0.1) is 0 Å². The second kappa shape index (κ2) is 2.29. The average molecular weight is 185 g/mol. The van der Waals surface area contributed by atoms with Crippen LogP contribution in [0.15, 0.2) is 0 Å². The van der Waals surface area contributed by atoms with Crippen LogP contribution in [0.2, 0.25) is 0 Å². The Morgan fingerprint density at radius 2 is 2.25 bits per heavy atom. The molecule has 1 rings (SSSR count). The maximum atomic E-state index is 11.6. The normalized spacial score (nSPS) is 36.0. The summed E-state index contributed by atoms with van der Waals surface area (Å²) in [5.41, 5.74) is 0. The number of hydrogen-bond donors (Lipinski definition) is 0. The maximum Gasteiger partial charge on any atom is 0.241 e. The van der Waals surface area contributed by atoms with Crippen LogP contribution in [-0.4, -0.2) is 11.8 Å². The summed E-state index contributed by atoms with van der Waals surface area (Å²) < 4.78 is 23.3. The summed E-state index contributed by atoms with van der Waals surface area (Å²) in [6.07, 6.45) is -1.37. The lowest BCUT2D eigenvalue weighted by Crippen LogP contribution is -1.95. The van der Waals surface area contributed by atoms with E-state index < -0.39 is 6.43 Å². The Bertz CT molecular complexity index is 84.5. The molecule has 0 nitrogen and oxygen atoms in total. The molecule has 0 aliphatic heterocycles. The SMILES string of the molecule is FC(F)C1CC1CBr. The van der Waals surface area contributed by atoms with Crippen molar-refractivity contribution in [1.29, 1.82) is 0 Å². The van der Waals surface area contributed by atoms with Gasteiger partial charge in [0.2, 0.25) is 6.43 Å². The van der Waals surface area contributed by atoms with Gasteiger partial charge < -0.3 is 0 Å². The summed E-state index contributed by atoms with van der Waals surface area (Å²) in [6, 6.07) is 0. The second-order valence-electron chi connectivity index (χ2n) is 2.15. The average Bonchev–Trinajstić information content (AvgIpc) is 2.42. The molecule has 0 amide bonds. The van der Waals surface area contributed by atoms with Gasteiger partial charge in [-0.2, -0.15) is 0 Å². The maximum absolute atomic E-state index is 11.6. The molecule has 0 radical (unpaired) electrons. The van der Waals surface area contributed by atoms with Crippen molar-refractivity contribution in [2.45, 2.75) is 12.8 Å². The third kappa shape index (κ3) is 1.19. The van der Waals surface area contributed by atoms with Crippen LogP contribution in [0.1, 0.15) is 6.42 Å². The topological polar surface area (TPSA) is 0 Å². The zero-order valence-electron chi connectivity index (χ0n) is 4.28. The Balaban J connectivity index is 2.16. The minimum absolute atomic E-state index is 0.259. The fourth-order valence-corrected chi connectivity index (χ4v) is 1.50. The molecule has 0 spiro atoms. The van der Waals surface area contributed by atoms with Crippen LogP contribution in [0, 0.1) is 11.8 Å². The van der Waals surface area contributed by atoms with Crippen molar-refractivity contribution < 1.29 is 8.78 Å². The molecule has 1 aliphatic carbocycles. The Hall–Kier alpha value is 0.340. The molecule has 8 heavy (non-hydrogen) atoms. The van der Waals surface area contributed by atoms with E-state index in [-0.39, 0.29) is 11.8 Å². The van der Waals surface area contributed by atoms with Crippen LogP contribution in [-0.2, 0) is 0 Å². The predicted octanol–water partition coefficient (Wildman–Crippen LogP) is 2.28. The molecule has 0 heterocycles. The van der Waals surface area contributed by atoms with Gasteiger partial charge in [0, 0.05) is 11.2 Å². The van der Waals surface area contributed by atoms with Gasteiger partial charge >= 0.3 is 0 Å². The highest BCUT2D eigenvalue weighted by Crippen LogP contribution is 2.43. The highest BCUT2D eigenvalue weighted by atomic mass is 79.9. The predicted molar refractivity (Wildman–Crippen MR) is 31.4 cm³/mol. The van der Waals surface area contributed by atoms with E-state index in [0.29, 0.717) is 6.42 Å². The van der Waals surface area contributed by atoms with Gasteiger partial charge in [0.15, 0.2) is 0 Å². The molecule has 0 bridgehead atoms. The lowest BCUT2D eigenvalue weighted by molar-refractivity contribution is 0.117. The van der Waals surface area contributed by atoms with Crippen molar-refractivity contribution in [3.05, 3.63) is 0 Å². The lowest BCUT2D eigenvalue weighted by atomic mass is 10.4. The Kier molecular flexibility index (Phi) is 1.85. The van der Waals surface area contributed by atoms with Crippen molar-refractivity contribution in [2.75, 3.05) is 5.33 Å². The van der Waals surface area contributed by atoms with Crippen LogP contribution < -0.4 is 0 Å². The molecule has 1 saturated carbocycles. The lowest BCUT2D eigenvalue weighted by Gasteiger charge is -1.90. The number of rotatable bonds is 2. The van der Waals surface area contributed by atoms with E-state index >= 15 is 0 Å². The first-order chi connectivity index (χ1) is 3.75. The Labute approximate surface area is 55.4 Å². The molecule has 1 fully saturated rings. The highest BCUT2D eigenvalue weighted by molar-refractivity contribution is 9.09. The summed E-state index contributed by atoms with van der Waals surface area (Å²) in [5, 5.41) is 0.738. The van der Waals surface area contributed by atoms with E-state index in [2.05, 4.69) is 15.9 Å². The Morgan fingerprint density at radius 3 is 2.38 bits per heavy atom. The van der Waals surface area contributed by atoms with Gasteiger partial charge in [-0.15, -0.1) is 0 Å². The molecule has 0 aromatic carbocycles. The summed E-state index contributed by atoms with van der Waals surface area (Å²) >= 11 is 3.15. The van der Waals surface area contributed by atoms with Crippen LogP contribution in [0.5, 0.6) is 0 Å². The quantitative estimate of drug-likeness (QED) is 0.579. The molecule has 0 aromatic rings. The highest BCUT2D eigenvalue weighted by Gasteiger charge is 2.42. The van der Waals surface area contributed by atoms with Gasteiger partial charge in [-0.1, -0.05) is 15.9 Å². The molecule has 0 N–H and O–H groups in total. The minimum Gasteiger partial charge on any atom is -0.210 e. The first kappa shape index (κ1) is 6.46. The van der Waals surface area contributed by atoms with Crippen LogP contribution in [0.3, 0.4) is 0 Å². The van der Waals surface area contributed by atoms with E-state index in [1.807, 2.05) is 0 Å². The monoisotopic (exact) mass is 184 g/mol. The molecule has 2 unspecified atom stereocenters. The van der Waals surface area contributed by atoms with E-state index in [1.165, 1.54) is 0 Å². The molecule has 1 aliphatic rings. The summed E-state index contributed by atoms with van der Waals surface area (Å²) in [5.74, 6) is -0.0376. The minimum atomic E-state index is -2.09. The van der Waals surface area contributed by atoms with Crippen molar-refractivity contribution >= 4 is 15.9 Å². The van der Waals surface area contributed by atoms with Gasteiger partial charge in [0.1, 0.15) is 0 Å². The third-order valence-electron chi connectivity index (χ3n) is 1.50. The Morgan fingerprint density at radius 1 is 1.62 bits per heavy atom. The number of hydrogen-bond acceptors (Lipinski definition) is 0. The molecule has 48 valence electrons. The van der Waals surface area contributed by atoms with E-state index in [4.69, 9.17) is 0 Å². The van der Waals surface area contributed by atoms with E-state index in [9.17, 15) is 8.78 Å². The van der Waals surface area contributed by atoms with Crippen molar-refractivity contribution in [2.24, 2.45) is 11.8 Å². The van der Waals surface area contributed by atoms with Crippen molar-refractivity contribution in [3.8, 4) is 0 Å². The van der Waals surface area contributed by atoms with Gasteiger partial charge in [-0.3, -0.25) is 0 Å². The van der Waals surface area contributed by atoms with Crippen LogP contribution in [0.4, 0.5) is 8.78 Å². The van der Waals surface area contributed by atoms with E-state index in [0.717, 1.165) is 5.33 Å². The van der Waals surface area contributed by atoms with Crippen LogP contribution in [0.25, 0.3) is 0 Å². The molecule has 2 atom stereocenters. The first-order valence-electron chi connectivity index (χ1n) is 2.60. The van der Waals surface area contributed by atoms with Crippen molar-refractivity contribution in [3.63, 3.8) is 0 Å². The number of alkyl halides is 3. The number of halogens is 3. The molecular formula is C5H7BrF2. The van der Waals surface area contributed by atoms with Gasteiger partial charge in [0.25, 0.3) is 0 Å². The van der Waals surface area contributed by atoms with Gasteiger partial charge in [-0.25, -0.2) is 8.78 Å². The molecule has 3 heteroatoms. The second-order valence-corrected chi connectivity index (χ2v) is 2.80. The molecule has 0 aromatic heterocycles. The summed E-state index contributed by atoms with van der Waals surface area (Å²) in [6.45, 7) is 0. The zero-order valence-corrected chi connectivity index (χ0v) is 5.87. The summed E-state index contributed by atoms with van der Waals surface area (Å²) in [7, 11) is 0. The van der Waals surface area contributed by atoms with E-state index in [1.54, 1.807) is 0 Å². The molecular weight excluding hydrogens is 178 g/mol. The third-order valence-corrected chi connectivity index (χ3v) is 2.33.